The second-order valence-corrected chi connectivity index (χ2v) is 6.94. The van der Waals surface area contributed by atoms with E-state index in [1.165, 1.54) is 5.69 Å². The van der Waals surface area contributed by atoms with Crippen molar-refractivity contribution in [3.63, 3.8) is 0 Å². The summed E-state index contributed by atoms with van der Waals surface area (Å²) in [5.74, 6) is 2.00. The Morgan fingerprint density at radius 1 is 1.23 bits per heavy atom. The van der Waals surface area contributed by atoms with E-state index in [4.69, 9.17) is 14.2 Å². The molecule has 0 aliphatic carbocycles. The van der Waals surface area contributed by atoms with Crippen LogP contribution in [0, 0.1) is 5.92 Å². The summed E-state index contributed by atoms with van der Waals surface area (Å²) in [4.78, 5) is 15.0. The summed E-state index contributed by atoms with van der Waals surface area (Å²) < 4.78 is 18.3. The topological polar surface area (TPSA) is 52.9 Å². The van der Waals surface area contributed by atoms with Crippen LogP contribution in [0.3, 0.4) is 0 Å². The Kier molecular flexibility index (Phi) is 4.84. The molecule has 4 rings (SSSR count). The summed E-state index contributed by atoms with van der Waals surface area (Å²) in [6, 6.07) is 9.87. The molecule has 6 heteroatoms. The van der Waals surface area contributed by atoms with E-state index in [1.807, 2.05) is 23.1 Å². The molecule has 26 heavy (non-hydrogen) atoms. The van der Waals surface area contributed by atoms with Gasteiger partial charge in [-0.3, -0.25) is 4.79 Å². The zero-order chi connectivity index (χ0) is 17.9. The minimum Gasteiger partial charge on any atom is -0.454 e. The van der Waals surface area contributed by atoms with Crippen LogP contribution in [0.2, 0.25) is 0 Å². The fraction of sp³-hybridized carbons (Fsp3) is 0.450. The Morgan fingerprint density at radius 2 is 2.12 bits per heavy atom. The van der Waals surface area contributed by atoms with Gasteiger partial charge in [0.2, 0.25) is 12.7 Å². The molecular formula is C20H24N2O4. The Balaban J connectivity index is 1.48. The summed E-state index contributed by atoms with van der Waals surface area (Å²) in [6.45, 7) is 3.30. The molecule has 6 nitrogen and oxygen atoms in total. The number of amides is 1. The van der Waals surface area contributed by atoms with Crippen molar-refractivity contribution in [3.8, 4) is 11.5 Å². The first-order valence-electron chi connectivity index (χ1n) is 9.02. The van der Waals surface area contributed by atoms with Gasteiger partial charge in [-0.05, 0) is 42.2 Å². The second-order valence-electron chi connectivity index (χ2n) is 6.94. The molecule has 1 atom stereocenters. The molecule has 1 aromatic heterocycles. The normalized spacial score (nSPS) is 18.5. The molecule has 0 fully saturated rings. The van der Waals surface area contributed by atoms with Gasteiger partial charge < -0.3 is 23.7 Å². The molecule has 2 aliphatic rings. The molecule has 2 aliphatic heterocycles. The molecule has 0 saturated heterocycles. The summed E-state index contributed by atoms with van der Waals surface area (Å²) in [5, 5.41) is 0. The smallest absolute Gasteiger partial charge is 0.231 e. The molecule has 0 radical (unpaired) electrons. The van der Waals surface area contributed by atoms with Crippen LogP contribution in [0.15, 0.2) is 36.5 Å². The van der Waals surface area contributed by atoms with Gasteiger partial charge in [0.15, 0.2) is 11.5 Å². The van der Waals surface area contributed by atoms with Crippen LogP contribution < -0.4 is 9.47 Å². The van der Waals surface area contributed by atoms with Crippen LogP contribution in [-0.2, 0) is 29.0 Å². The molecule has 1 amide bonds. The van der Waals surface area contributed by atoms with Crippen LogP contribution >= 0.6 is 0 Å². The van der Waals surface area contributed by atoms with E-state index >= 15 is 0 Å². The van der Waals surface area contributed by atoms with Gasteiger partial charge in [-0.1, -0.05) is 6.07 Å². The minimum atomic E-state index is 0.140. The van der Waals surface area contributed by atoms with Gasteiger partial charge in [0.05, 0.1) is 13.0 Å². The van der Waals surface area contributed by atoms with E-state index in [2.05, 4.69) is 22.9 Å². The summed E-state index contributed by atoms with van der Waals surface area (Å²) in [7, 11) is 1.72. The number of hydrogen-bond acceptors (Lipinski definition) is 4. The summed E-state index contributed by atoms with van der Waals surface area (Å²) >= 11 is 0. The number of carbonyl (C=O) groups excluding carboxylic acids is 1. The van der Waals surface area contributed by atoms with Crippen molar-refractivity contribution in [2.24, 2.45) is 5.92 Å². The molecule has 0 N–H and O–H groups in total. The first-order chi connectivity index (χ1) is 12.7. The van der Waals surface area contributed by atoms with Gasteiger partial charge in [-0.15, -0.1) is 0 Å². The number of benzene rings is 1. The number of aromatic nitrogens is 1. The van der Waals surface area contributed by atoms with E-state index in [0.29, 0.717) is 25.5 Å². The average Bonchev–Trinajstić information content (AvgIpc) is 3.24. The zero-order valence-corrected chi connectivity index (χ0v) is 15.0. The third kappa shape index (κ3) is 3.55. The van der Waals surface area contributed by atoms with E-state index in [0.717, 1.165) is 36.6 Å². The standard InChI is InChI=1S/C20H24N2O4/c1-24-8-6-16-11-21-7-2-3-17(21)13-22(12-16)20(23)10-15-4-5-18-19(9-15)26-14-25-18/h2-5,7,9,16H,6,8,10-14H2,1H3/t16-/m1/s1. The Morgan fingerprint density at radius 3 is 3.00 bits per heavy atom. The molecule has 1 aromatic carbocycles. The molecule has 3 heterocycles. The van der Waals surface area contributed by atoms with E-state index in [9.17, 15) is 4.79 Å². The molecule has 2 aromatic rings. The average molecular weight is 356 g/mol. The fourth-order valence-corrected chi connectivity index (χ4v) is 3.67. The Hall–Kier alpha value is -2.47. The SMILES string of the molecule is COCC[C@H]1CN(C(=O)Cc2ccc3c(c2)OCO3)Cc2cccn2C1. The highest BCUT2D eigenvalue weighted by molar-refractivity contribution is 5.79. The Labute approximate surface area is 153 Å². The van der Waals surface area contributed by atoms with Gasteiger partial charge in [0.25, 0.3) is 0 Å². The second kappa shape index (κ2) is 7.41. The number of nitrogens with zero attached hydrogens (tertiary/aromatic N) is 2. The maximum absolute atomic E-state index is 13.0. The number of methoxy groups -OCH3 is 1. The molecule has 138 valence electrons. The zero-order valence-electron chi connectivity index (χ0n) is 15.0. The number of hydrogen-bond donors (Lipinski definition) is 0. The fourth-order valence-electron chi connectivity index (χ4n) is 3.67. The van der Waals surface area contributed by atoms with Gasteiger partial charge >= 0.3 is 0 Å². The third-order valence-electron chi connectivity index (χ3n) is 5.09. The predicted molar refractivity (Wildman–Crippen MR) is 96.1 cm³/mol. The maximum atomic E-state index is 13.0. The molecule has 0 spiro atoms. The number of rotatable bonds is 5. The predicted octanol–water partition coefficient (Wildman–Crippen LogP) is 2.45. The van der Waals surface area contributed by atoms with Gasteiger partial charge in [0, 0.05) is 38.7 Å². The highest BCUT2D eigenvalue weighted by atomic mass is 16.7. The molecule has 0 saturated carbocycles. The first-order valence-corrected chi connectivity index (χ1v) is 9.02. The summed E-state index contributed by atoms with van der Waals surface area (Å²) in [5.41, 5.74) is 2.14. The van der Waals surface area contributed by atoms with Crippen LogP contribution in [0.5, 0.6) is 11.5 Å². The van der Waals surface area contributed by atoms with Crippen LogP contribution in [-0.4, -0.2) is 42.4 Å². The van der Waals surface area contributed by atoms with Gasteiger partial charge in [-0.2, -0.15) is 0 Å². The van der Waals surface area contributed by atoms with Crippen LogP contribution in [0.25, 0.3) is 0 Å². The monoisotopic (exact) mass is 356 g/mol. The van der Waals surface area contributed by atoms with Crippen LogP contribution in [0.1, 0.15) is 17.7 Å². The van der Waals surface area contributed by atoms with E-state index < -0.39 is 0 Å². The lowest BCUT2D eigenvalue weighted by Crippen LogP contribution is -2.35. The van der Waals surface area contributed by atoms with Crippen molar-refractivity contribution in [2.75, 3.05) is 27.1 Å². The highest BCUT2D eigenvalue weighted by Crippen LogP contribution is 2.32. The molecule has 0 bridgehead atoms. The highest BCUT2D eigenvalue weighted by Gasteiger charge is 2.25. The summed E-state index contributed by atoms with van der Waals surface area (Å²) in [6.07, 6.45) is 3.41. The minimum absolute atomic E-state index is 0.140. The number of carbonyl (C=O) groups is 1. The number of fused-ring (bicyclic) bond motifs is 2. The van der Waals surface area contributed by atoms with Gasteiger partial charge in [-0.25, -0.2) is 0 Å². The van der Waals surface area contributed by atoms with Crippen molar-refractivity contribution in [3.05, 3.63) is 47.8 Å². The maximum Gasteiger partial charge on any atom is 0.231 e. The lowest BCUT2D eigenvalue weighted by Gasteiger charge is -2.24. The van der Waals surface area contributed by atoms with E-state index in [-0.39, 0.29) is 12.7 Å². The van der Waals surface area contributed by atoms with Crippen molar-refractivity contribution in [1.82, 2.24) is 9.47 Å². The number of ether oxygens (including phenoxy) is 3. The van der Waals surface area contributed by atoms with Crippen molar-refractivity contribution < 1.29 is 19.0 Å². The third-order valence-corrected chi connectivity index (χ3v) is 5.09. The largest absolute Gasteiger partial charge is 0.454 e. The molecular weight excluding hydrogens is 332 g/mol. The van der Waals surface area contributed by atoms with E-state index in [1.54, 1.807) is 7.11 Å². The van der Waals surface area contributed by atoms with Crippen molar-refractivity contribution >= 4 is 5.91 Å². The molecule has 0 unspecified atom stereocenters. The first kappa shape index (κ1) is 17.0. The van der Waals surface area contributed by atoms with Crippen molar-refractivity contribution in [2.45, 2.75) is 25.9 Å². The lowest BCUT2D eigenvalue weighted by atomic mass is 10.0. The van der Waals surface area contributed by atoms with Gasteiger partial charge in [0.1, 0.15) is 0 Å². The Bertz CT molecular complexity index is 786. The quantitative estimate of drug-likeness (QED) is 0.826. The lowest BCUT2D eigenvalue weighted by molar-refractivity contribution is -0.131. The van der Waals surface area contributed by atoms with Crippen molar-refractivity contribution in [1.29, 1.82) is 0 Å². The van der Waals surface area contributed by atoms with Crippen LogP contribution in [0.4, 0.5) is 0 Å².